The minimum absolute atomic E-state index is 0.181. The largest absolute Gasteiger partial charge is 0.371 e. The van der Waals surface area contributed by atoms with Crippen molar-refractivity contribution in [2.24, 2.45) is 20.9 Å². The minimum atomic E-state index is -0.506. The first-order valence-corrected chi connectivity index (χ1v) is 40.9. The maximum atomic E-state index is 13.5. The summed E-state index contributed by atoms with van der Waals surface area (Å²) in [6, 6.07) is 52.5. The van der Waals surface area contributed by atoms with E-state index < -0.39 is 16.6 Å². The number of tetrazole rings is 3. The molecule has 5 aromatic heterocycles. The average molecular weight is 1520 g/mol. The summed E-state index contributed by atoms with van der Waals surface area (Å²) in [4.78, 5) is 72.8. The lowest BCUT2D eigenvalue weighted by Crippen LogP contribution is -2.40. The smallest absolute Gasteiger partial charge is 0.256 e. The lowest BCUT2D eigenvalue weighted by Gasteiger charge is -2.33. The Balaban J connectivity index is 0.000000129. The molecule has 0 bridgehead atoms. The van der Waals surface area contributed by atoms with Crippen LogP contribution in [0.4, 0.5) is 5.69 Å². The van der Waals surface area contributed by atoms with Gasteiger partial charge in [-0.05, 0) is 234 Å². The van der Waals surface area contributed by atoms with Crippen molar-refractivity contribution < 1.29 is 14.4 Å². The summed E-state index contributed by atoms with van der Waals surface area (Å²) in [7, 11) is 0. The average Bonchev–Trinajstić information content (AvgIpc) is 1.72. The third kappa shape index (κ3) is 15.8. The number of aromatic nitrogens is 14. The van der Waals surface area contributed by atoms with Crippen molar-refractivity contribution >= 4 is 40.9 Å². The van der Waals surface area contributed by atoms with Crippen LogP contribution in [0.15, 0.2) is 179 Å². The molecular formula is C90H99N21O3. The number of H-pyrrole nitrogens is 3. The molecule has 9 heterocycles. The Labute approximate surface area is 665 Å². The molecule has 3 amide bonds. The zero-order chi connectivity index (χ0) is 78.3. The molecule has 1 saturated heterocycles. The van der Waals surface area contributed by atoms with Gasteiger partial charge in [-0.1, -0.05) is 151 Å². The summed E-state index contributed by atoms with van der Waals surface area (Å²) < 4.78 is 0. The van der Waals surface area contributed by atoms with Gasteiger partial charge < -0.3 is 4.90 Å². The van der Waals surface area contributed by atoms with E-state index in [2.05, 4.69) is 234 Å². The minimum Gasteiger partial charge on any atom is -0.371 e. The number of aliphatic imine (C=N–C) groups is 3. The molecule has 3 N–H and O–H groups in total. The second-order valence-electron chi connectivity index (χ2n) is 31.9. The van der Waals surface area contributed by atoms with E-state index in [1.807, 2.05) is 63.5 Å². The highest BCUT2D eigenvalue weighted by molar-refractivity contribution is 6.10. The number of anilines is 1. The molecule has 24 heteroatoms. The number of aryl methyl sites for hydroxylation is 2. The number of pyridine rings is 2. The van der Waals surface area contributed by atoms with E-state index in [-0.39, 0.29) is 17.7 Å². The van der Waals surface area contributed by atoms with Crippen molar-refractivity contribution in [3.8, 4) is 90.1 Å². The number of hydrogen-bond acceptors (Lipinski definition) is 18. The van der Waals surface area contributed by atoms with E-state index in [0.29, 0.717) is 43.0 Å². The van der Waals surface area contributed by atoms with E-state index in [1.54, 1.807) is 0 Å². The van der Waals surface area contributed by atoms with Gasteiger partial charge in [0, 0.05) is 78.3 Å². The number of aromatic amines is 3. The number of piperidine rings is 1. The Hall–Kier alpha value is -12.0. The van der Waals surface area contributed by atoms with Gasteiger partial charge in [0.15, 0.2) is 0 Å². The molecule has 0 radical (unpaired) electrons. The number of nitrogens with zero attached hydrogens (tertiary/aromatic N) is 18. The van der Waals surface area contributed by atoms with Crippen LogP contribution in [-0.4, -0.2) is 151 Å². The SMILES string of the molecule is CCCC1=NC2(CCCC2)C(=O)N1Cc1ccc(-c2cc(-c3cc(C)ccn3)ccc2-c2nn[nH]n2)cc1.CCCC1=NC2(CCCC2)C(=O)N1Cc1ccc(-c2cc(-c3cc(C)ccn3)ccc2-c2nn[nH]n2)cc1.CCCC1=NC2(CCCC2)C(=O)N1Cc1ccc(-c2cc(N3CCC[C@@H](C)C3)ccc2-c2nn[nH]n2)cc1. The van der Waals surface area contributed by atoms with Gasteiger partial charge in [0.1, 0.15) is 34.1 Å². The van der Waals surface area contributed by atoms with Crippen LogP contribution in [0.5, 0.6) is 0 Å². The summed E-state index contributed by atoms with van der Waals surface area (Å²) in [5, 5.41) is 44.4. The van der Waals surface area contributed by atoms with E-state index in [9.17, 15) is 14.4 Å². The maximum absolute atomic E-state index is 13.5. The molecule has 7 aliphatic rings. The van der Waals surface area contributed by atoms with Crippen LogP contribution < -0.4 is 4.90 Å². The molecule has 24 nitrogen and oxygen atoms in total. The Kier molecular flexibility index (Phi) is 22.3. The monoisotopic (exact) mass is 1520 g/mol. The van der Waals surface area contributed by atoms with Crippen molar-refractivity contribution in [3.63, 3.8) is 0 Å². The van der Waals surface area contributed by atoms with Crippen molar-refractivity contribution in [3.05, 3.63) is 192 Å². The van der Waals surface area contributed by atoms with Crippen molar-refractivity contribution in [2.45, 2.75) is 206 Å². The predicted molar refractivity (Wildman–Crippen MR) is 444 cm³/mol. The summed E-state index contributed by atoms with van der Waals surface area (Å²) in [5.41, 5.74) is 18.2. The zero-order valence-corrected chi connectivity index (χ0v) is 66.1. The van der Waals surface area contributed by atoms with Gasteiger partial charge in [-0.2, -0.15) is 15.6 Å². The van der Waals surface area contributed by atoms with Gasteiger partial charge in [0.25, 0.3) is 17.7 Å². The summed E-state index contributed by atoms with van der Waals surface area (Å²) in [6.07, 6.45) is 23.4. The van der Waals surface area contributed by atoms with Gasteiger partial charge in [-0.3, -0.25) is 54.0 Å². The van der Waals surface area contributed by atoms with E-state index in [4.69, 9.17) is 15.0 Å². The number of rotatable bonds is 21. The van der Waals surface area contributed by atoms with Gasteiger partial charge >= 0.3 is 0 Å². The maximum Gasteiger partial charge on any atom is 0.256 e. The number of benzene rings is 6. The van der Waals surface area contributed by atoms with Crippen LogP contribution in [0.25, 0.3) is 90.1 Å². The second kappa shape index (κ2) is 33.4. The molecule has 114 heavy (non-hydrogen) atoms. The van der Waals surface area contributed by atoms with Crippen LogP contribution in [0.1, 0.15) is 184 Å². The Bertz CT molecular complexity index is 5100. The predicted octanol–water partition coefficient (Wildman–Crippen LogP) is 17.1. The molecule has 3 aliphatic carbocycles. The Morgan fingerprint density at radius 3 is 1.06 bits per heavy atom. The molecule has 1 atom stereocenters. The van der Waals surface area contributed by atoms with Gasteiger partial charge in [-0.25, -0.2) is 0 Å². The fraction of sp³-hybridized carbons (Fsp3) is 0.389. The van der Waals surface area contributed by atoms with E-state index in [1.165, 1.54) is 18.5 Å². The third-order valence-corrected chi connectivity index (χ3v) is 23.7. The van der Waals surface area contributed by atoms with Crippen molar-refractivity contribution in [1.82, 2.24) is 86.5 Å². The lowest BCUT2D eigenvalue weighted by atomic mass is 9.94. The number of hydrogen-bond donors (Lipinski definition) is 3. The van der Waals surface area contributed by atoms with Crippen LogP contribution in [0.3, 0.4) is 0 Å². The van der Waals surface area contributed by atoms with Gasteiger partial charge in [0.2, 0.25) is 17.5 Å². The fourth-order valence-corrected chi connectivity index (χ4v) is 17.8. The quantitative estimate of drug-likeness (QED) is 0.0602. The summed E-state index contributed by atoms with van der Waals surface area (Å²) in [6.45, 7) is 16.7. The van der Waals surface area contributed by atoms with Crippen LogP contribution in [0, 0.1) is 19.8 Å². The number of carbonyl (C=O) groups excluding carboxylic acids is 3. The van der Waals surface area contributed by atoms with Crippen LogP contribution in [-0.2, 0) is 34.0 Å². The second-order valence-corrected chi connectivity index (χ2v) is 31.9. The zero-order valence-electron chi connectivity index (χ0n) is 66.1. The normalized spacial score (nSPS) is 17.9. The summed E-state index contributed by atoms with van der Waals surface area (Å²) in [5.74, 6) is 5.78. The molecule has 6 aromatic carbocycles. The molecule has 4 fully saturated rings. The molecular weight excluding hydrogens is 1420 g/mol. The molecule has 11 aromatic rings. The van der Waals surface area contributed by atoms with Crippen LogP contribution in [0.2, 0.25) is 0 Å². The highest BCUT2D eigenvalue weighted by atomic mass is 16.2. The number of amidine groups is 3. The number of nitrogens with one attached hydrogen (secondary N) is 3. The first-order valence-electron chi connectivity index (χ1n) is 40.9. The molecule has 3 saturated carbocycles. The standard InChI is InChI=1S/C30H37N7O.2C30H31N7O/c1-3-7-27-31-30(15-4-5-16-30)29(38)37(27)20-22-9-11-23(12-10-22)26-18-24(36-17-6-8-21(2)19-36)13-14-25(26)28-32-34-35-33-28;2*1-3-6-27-32-30(14-4-5-15-30)29(38)37(27)19-21-7-9-22(10-8-21)25-18-23(26-17-20(2)13-16-31-26)11-12-24(25)28-33-35-36-34-28/h9-14,18,21H,3-8,15-17,19-20H2,1-2H3,(H,32,33,34,35);2*7-13,16-18H,3-6,14-15,19H2,1-2H3,(H,33,34,35,36)/t21-;;/m1../s1. The molecule has 18 rings (SSSR count). The Morgan fingerprint density at radius 2 is 0.737 bits per heavy atom. The molecule has 3 spiro atoms. The van der Waals surface area contributed by atoms with Crippen molar-refractivity contribution in [2.75, 3.05) is 18.0 Å². The number of amides is 3. The highest BCUT2D eigenvalue weighted by Gasteiger charge is 2.52. The van der Waals surface area contributed by atoms with Gasteiger partial charge in [0.05, 0.1) is 31.0 Å². The van der Waals surface area contributed by atoms with E-state index in [0.717, 1.165) is 247 Å². The topological polar surface area (TPSA) is 290 Å². The molecule has 4 aliphatic heterocycles. The van der Waals surface area contributed by atoms with E-state index >= 15 is 0 Å². The fourth-order valence-electron chi connectivity index (χ4n) is 17.8. The molecule has 0 unspecified atom stereocenters. The summed E-state index contributed by atoms with van der Waals surface area (Å²) >= 11 is 0. The first-order chi connectivity index (χ1) is 55.7. The van der Waals surface area contributed by atoms with Gasteiger partial charge in [-0.15, -0.1) is 30.6 Å². The number of carbonyl (C=O) groups is 3. The van der Waals surface area contributed by atoms with Crippen LogP contribution >= 0.6 is 0 Å². The molecule has 582 valence electrons. The Morgan fingerprint density at radius 1 is 0.395 bits per heavy atom. The lowest BCUT2D eigenvalue weighted by molar-refractivity contribution is -0.132. The highest BCUT2D eigenvalue weighted by Crippen LogP contribution is 2.45. The first kappa shape index (κ1) is 76.1. The van der Waals surface area contributed by atoms with Crippen molar-refractivity contribution in [1.29, 1.82) is 0 Å². The third-order valence-electron chi connectivity index (χ3n) is 23.7.